The van der Waals surface area contributed by atoms with Crippen molar-refractivity contribution < 1.29 is 83.0 Å². The average Bonchev–Trinajstić information content (AvgIpc) is 0.744. The highest BCUT2D eigenvalue weighted by Gasteiger charge is 2.60. The van der Waals surface area contributed by atoms with Gasteiger partial charge in [0.05, 0.1) is 25.7 Å². The second-order valence-electron chi connectivity index (χ2n) is 37.1. The Morgan fingerprint density at radius 3 is 0.713 bits per heavy atom. The smallest absolute Gasteiger partial charge is 0.309 e. The maximum Gasteiger partial charge on any atom is 0.309 e. The molecule has 115 heavy (non-hydrogen) atoms. The SMILES string of the molecule is CC1C2CC3CC(C2)CC1(CC(=O)OCOc1ccccc1[S+](c1ccccc1)c1ccccc1OCOC(=O)CC12CC4CC(CC(C4)C1C)C2)C3.CC1C2CC3CC(C2)CC1(CC(=O)OCOc1ccccc1[S+](c1ccccc1)c1ccccc1OCOC(=O)CC12CC4CC(CC(C4)C1C)C2)C3.O=S(=O)([O-])CS(=O)(=O)[O-]. The summed E-state index contributed by atoms with van der Waals surface area (Å²) in [6.45, 7) is 9.01. The first kappa shape index (κ1) is 81.7. The van der Waals surface area contributed by atoms with Crippen LogP contribution < -0.4 is 18.9 Å². The van der Waals surface area contributed by atoms with Gasteiger partial charge in [-0.15, -0.1) is 0 Å². The summed E-state index contributed by atoms with van der Waals surface area (Å²) < 4.78 is 106. The fourth-order valence-electron chi connectivity index (χ4n) is 26.0. The minimum absolute atomic E-state index is 0.0921. The van der Waals surface area contributed by atoms with Gasteiger partial charge in [0, 0.05) is 0 Å². The molecule has 0 aromatic heterocycles. The minimum atomic E-state index is -4.93. The van der Waals surface area contributed by atoms with Crippen molar-refractivity contribution in [2.24, 2.45) is 116 Å². The maximum absolute atomic E-state index is 13.4. The van der Waals surface area contributed by atoms with Crippen LogP contribution in [0.2, 0.25) is 0 Å². The van der Waals surface area contributed by atoms with Crippen LogP contribution in [-0.2, 0) is 80.2 Å². The molecule has 16 saturated carbocycles. The lowest BCUT2D eigenvalue weighted by atomic mass is 9.45. The van der Waals surface area contributed by atoms with Crippen molar-refractivity contribution in [2.75, 3.05) is 32.3 Å². The Bertz CT molecular complexity index is 4140. The number of carbonyl (C=O) groups excluding carboxylic acids is 4. The summed E-state index contributed by atoms with van der Waals surface area (Å²) in [5, 5.41) is -1.88. The molecule has 16 fully saturated rings. The number of hydrogen-bond donors (Lipinski definition) is 0. The third-order valence-electron chi connectivity index (χ3n) is 30.3. The lowest BCUT2D eigenvalue weighted by Crippen LogP contribution is -2.52. The number of carbonyl (C=O) groups is 4. The molecule has 6 aromatic rings. The Hall–Kier alpha value is -7.08. The van der Waals surface area contributed by atoms with Crippen LogP contribution in [0.5, 0.6) is 23.0 Å². The molecule has 616 valence electrons. The third-order valence-corrected chi connectivity index (χ3v) is 37.2. The van der Waals surface area contributed by atoms with E-state index in [-0.39, 0.29) is 72.7 Å². The van der Waals surface area contributed by atoms with Crippen LogP contribution in [0.1, 0.15) is 182 Å². The second-order valence-corrected chi connectivity index (χ2v) is 44.2. The normalized spacial score (nSPS) is 33.4. The highest BCUT2D eigenvalue weighted by atomic mass is 32.3. The Kier molecular flexibility index (Phi) is 24.1. The zero-order valence-electron chi connectivity index (χ0n) is 66.7. The molecule has 0 N–H and O–H groups in total. The molecular weight excluding hydrogens is 1530 g/mol. The number of hydrogen-bond acceptors (Lipinski definition) is 18. The van der Waals surface area contributed by atoms with Gasteiger partial charge in [-0.25, -0.2) is 16.8 Å². The van der Waals surface area contributed by atoms with Gasteiger partial charge in [0.2, 0.25) is 46.8 Å². The Balaban J connectivity index is 0.000000156. The molecule has 0 heterocycles. The fourth-order valence-corrected chi connectivity index (χ4v) is 32.0. The first-order valence-electron chi connectivity index (χ1n) is 42.2. The lowest BCUT2D eigenvalue weighted by molar-refractivity contribution is -0.165. The van der Waals surface area contributed by atoms with Crippen molar-refractivity contribution in [3.63, 3.8) is 0 Å². The van der Waals surface area contributed by atoms with Crippen LogP contribution in [0, 0.1) is 116 Å². The van der Waals surface area contributed by atoms with Crippen molar-refractivity contribution in [1.82, 2.24) is 0 Å². The first-order chi connectivity index (χ1) is 55.3. The molecule has 16 aliphatic rings. The van der Waals surface area contributed by atoms with Gasteiger partial charge in [-0.3, -0.25) is 19.2 Å². The van der Waals surface area contributed by atoms with E-state index in [0.717, 1.165) is 100 Å². The number of para-hydroxylation sites is 4. The monoisotopic (exact) mass is 1640 g/mol. The van der Waals surface area contributed by atoms with E-state index in [0.29, 0.717) is 72.4 Å². The van der Waals surface area contributed by atoms with E-state index in [4.69, 9.17) is 37.9 Å². The first-order valence-corrected chi connectivity index (χ1v) is 47.8. The van der Waals surface area contributed by atoms with E-state index >= 15 is 0 Å². The van der Waals surface area contributed by atoms with E-state index in [1.54, 1.807) is 0 Å². The van der Waals surface area contributed by atoms with E-state index < -0.39 is 47.1 Å². The minimum Gasteiger partial charge on any atom is -0.747 e. The van der Waals surface area contributed by atoms with Crippen molar-refractivity contribution in [2.45, 2.75) is 211 Å². The lowest BCUT2D eigenvalue weighted by Gasteiger charge is -2.60. The Labute approximate surface area is 684 Å². The quantitative estimate of drug-likeness (QED) is 0.0145. The predicted molar refractivity (Wildman–Crippen MR) is 433 cm³/mol. The number of ether oxygens (including phenoxy) is 8. The van der Waals surface area contributed by atoms with Crippen molar-refractivity contribution >= 4 is 65.9 Å². The van der Waals surface area contributed by atoms with E-state index in [9.17, 15) is 45.1 Å². The van der Waals surface area contributed by atoms with Gasteiger partial charge in [-0.05, 0) is 318 Å². The number of rotatable bonds is 28. The molecule has 0 spiro atoms. The molecule has 0 aliphatic heterocycles. The van der Waals surface area contributed by atoms with Gasteiger partial charge in [-0.1, -0.05) is 113 Å². The summed E-state index contributed by atoms with van der Waals surface area (Å²) in [5.41, 5.74) is 0.368. The average molecular weight is 1650 g/mol. The Morgan fingerprint density at radius 1 is 0.313 bits per heavy atom. The van der Waals surface area contributed by atoms with Crippen LogP contribution in [0.15, 0.2) is 187 Å². The summed E-state index contributed by atoms with van der Waals surface area (Å²) in [7, 11) is -11.1. The van der Waals surface area contributed by atoms with Gasteiger partial charge in [-0.2, -0.15) is 0 Å². The molecular formula is C93H112O18S4. The van der Waals surface area contributed by atoms with E-state index in [1.807, 2.05) is 109 Å². The van der Waals surface area contributed by atoms with Crippen LogP contribution in [0.4, 0.5) is 0 Å². The van der Waals surface area contributed by atoms with Crippen molar-refractivity contribution in [3.05, 3.63) is 158 Å². The van der Waals surface area contributed by atoms with Gasteiger partial charge in [0.1, 0.15) is 47.1 Å². The van der Waals surface area contributed by atoms with E-state index in [1.165, 1.54) is 128 Å². The highest BCUT2D eigenvalue weighted by Crippen LogP contribution is 2.68. The molecule has 6 aromatic carbocycles. The summed E-state index contributed by atoms with van der Waals surface area (Å²) in [4.78, 5) is 59.5. The molecule has 12 atom stereocenters. The summed E-state index contributed by atoms with van der Waals surface area (Å²) in [6.07, 6.45) is 27.5. The number of benzene rings is 6. The largest absolute Gasteiger partial charge is 0.747 e. The topological polar surface area (TPSA) is 257 Å². The van der Waals surface area contributed by atoms with Crippen LogP contribution in [0.25, 0.3) is 0 Å². The van der Waals surface area contributed by atoms with Gasteiger partial charge >= 0.3 is 23.9 Å². The van der Waals surface area contributed by atoms with Gasteiger partial charge in [0.15, 0.2) is 32.8 Å². The molecule has 22 heteroatoms. The van der Waals surface area contributed by atoms with Gasteiger partial charge in [0.25, 0.3) is 0 Å². The standard InChI is InChI=1S/2C46H55O6S.CH4O6S2/c2*1-30-36-18-32-16-33(19-36)23-45(30,22-32)26-43(47)51-28-49-39-12-6-8-14-41(39)53(38-10-4-3-5-11-38)42-15-9-7-13-40(42)50-29-52-44(48)27-46-24-34-17-35(25-46)21-37(20-34)31(46)2;2-8(3,4)1-9(5,6)7/h2*3-15,30-37H,16-29H2,1-2H3;1H2,(H,2,3,4)(H,5,6,7)/q2*+1;/p-2. The van der Waals surface area contributed by atoms with E-state index in [2.05, 4.69) is 76.2 Å². The van der Waals surface area contributed by atoms with Gasteiger partial charge < -0.3 is 47.0 Å². The molecule has 22 rings (SSSR count). The fraction of sp³-hybridized carbons (Fsp3) is 0.570. The van der Waals surface area contributed by atoms with Crippen LogP contribution in [0.3, 0.4) is 0 Å². The van der Waals surface area contributed by atoms with Crippen molar-refractivity contribution in [3.8, 4) is 23.0 Å². The second kappa shape index (κ2) is 34.0. The highest BCUT2D eigenvalue weighted by molar-refractivity contribution is 8.02. The zero-order chi connectivity index (χ0) is 80.0. The molecule has 18 nitrogen and oxygen atoms in total. The molecule has 0 saturated heterocycles. The zero-order valence-corrected chi connectivity index (χ0v) is 70.0. The maximum atomic E-state index is 13.4. The van der Waals surface area contributed by atoms with Crippen LogP contribution in [-0.4, -0.2) is 82.1 Å². The van der Waals surface area contributed by atoms with Crippen molar-refractivity contribution in [1.29, 1.82) is 0 Å². The molecule has 0 amide bonds. The summed E-state index contributed by atoms with van der Waals surface area (Å²) >= 11 is 0. The molecule has 16 aliphatic carbocycles. The third kappa shape index (κ3) is 18.1. The molecule has 0 radical (unpaired) electrons. The molecule has 16 bridgehead atoms. The molecule has 12 unspecified atom stereocenters. The predicted octanol–water partition coefficient (Wildman–Crippen LogP) is 18.5. The summed E-state index contributed by atoms with van der Waals surface area (Å²) in [6, 6.07) is 52.7. The van der Waals surface area contributed by atoms with Crippen LogP contribution >= 0.6 is 0 Å². The number of esters is 4. The summed E-state index contributed by atoms with van der Waals surface area (Å²) in [5.74, 6) is 13.7. The Morgan fingerprint density at radius 2 is 0.513 bits per heavy atom.